The maximum absolute atomic E-state index is 12.0. The van der Waals surface area contributed by atoms with Crippen LogP contribution in [0.5, 0.6) is 0 Å². The fourth-order valence-electron chi connectivity index (χ4n) is 1.67. The van der Waals surface area contributed by atoms with Gasteiger partial charge < -0.3 is 5.32 Å². The van der Waals surface area contributed by atoms with Crippen molar-refractivity contribution in [2.45, 2.75) is 6.92 Å². The van der Waals surface area contributed by atoms with Gasteiger partial charge in [0.15, 0.2) is 5.11 Å². The minimum absolute atomic E-state index is 0.180. The van der Waals surface area contributed by atoms with Crippen LogP contribution < -0.4 is 10.6 Å². The largest absolute Gasteiger partial charge is 0.332 e. The zero-order valence-corrected chi connectivity index (χ0v) is 13.4. The molecule has 3 nitrogen and oxygen atoms in total. The van der Waals surface area contributed by atoms with Crippen molar-refractivity contribution in [1.29, 1.82) is 0 Å². The van der Waals surface area contributed by atoms with Gasteiger partial charge in [-0.05, 0) is 49.5 Å². The zero-order chi connectivity index (χ0) is 15.4. The number of nitrogens with one attached hydrogen (secondary N) is 2. The average Bonchev–Trinajstić information content (AvgIpc) is 2.37. The van der Waals surface area contributed by atoms with E-state index in [1.54, 1.807) is 30.3 Å². The van der Waals surface area contributed by atoms with E-state index in [4.69, 9.17) is 35.4 Å². The molecule has 108 valence electrons. The van der Waals surface area contributed by atoms with Crippen molar-refractivity contribution in [3.63, 3.8) is 0 Å². The number of carbonyl (C=O) groups is 1. The van der Waals surface area contributed by atoms with Gasteiger partial charge in [0.2, 0.25) is 0 Å². The molecule has 0 aliphatic carbocycles. The summed E-state index contributed by atoms with van der Waals surface area (Å²) in [7, 11) is 0. The van der Waals surface area contributed by atoms with E-state index in [0.29, 0.717) is 21.3 Å². The second-order valence-electron chi connectivity index (χ2n) is 4.43. The second-order valence-corrected chi connectivity index (χ2v) is 5.71. The van der Waals surface area contributed by atoms with E-state index < -0.39 is 0 Å². The molecule has 0 unspecified atom stereocenters. The standard InChI is InChI=1S/C15H12Cl2N2OS/c1-9-2-4-10(5-3-9)14(20)19-15(21)18-13-7-11(16)6-12(17)8-13/h2-8H,1H3,(H2,18,19,20,21). The number of benzene rings is 2. The highest BCUT2D eigenvalue weighted by atomic mass is 35.5. The van der Waals surface area contributed by atoms with Crippen LogP contribution >= 0.6 is 35.4 Å². The predicted octanol–water partition coefficient (Wildman–Crippen LogP) is 4.43. The second kappa shape index (κ2) is 6.89. The molecule has 2 aromatic rings. The van der Waals surface area contributed by atoms with Gasteiger partial charge in [-0.15, -0.1) is 0 Å². The van der Waals surface area contributed by atoms with E-state index in [9.17, 15) is 4.79 Å². The van der Waals surface area contributed by atoms with Gasteiger partial charge in [0.05, 0.1) is 0 Å². The van der Waals surface area contributed by atoms with Crippen LogP contribution in [0.4, 0.5) is 5.69 Å². The van der Waals surface area contributed by atoms with Gasteiger partial charge in [-0.3, -0.25) is 10.1 Å². The molecule has 0 saturated heterocycles. The van der Waals surface area contributed by atoms with Gasteiger partial charge >= 0.3 is 0 Å². The number of anilines is 1. The van der Waals surface area contributed by atoms with Gasteiger partial charge in [0.25, 0.3) is 5.91 Å². The molecule has 6 heteroatoms. The lowest BCUT2D eigenvalue weighted by molar-refractivity contribution is 0.0978. The average molecular weight is 339 g/mol. The highest BCUT2D eigenvalue weighted by molar-refractivity contribution is 7.80. The topological polar surface area (TPSA) is 41.1 Å². The third kappa shape index (κ3) is 4.70. The van der Waals surface area contributed by atoms with E-state index in [1.807, 2.05) is 19.1 Å². The smallest absolute Gasteiger partial charge is 0.257 e. The van der Waals surface area contributed by atoms with E-state index in [2.05, 4.69) is 10.6 Å². The minimum Gasteiger partial charge on any atom is -0.332 e. The Morgan fingerprint density at radius 2 is 1.62 bits per heavy atom. The number of hydrogen-bond donors (Lipinski definition) is 2. The molecule has 0 heterocycles. The van der Waals surface area contributed by atoms with E-state index >= 15 is 0 Å². The number of carbonyl (C=O) groups excluding carboxylic acids is 1. The van der Waals surface area contributed by atoms with Crippen molar-refractivity contribution in [3.8, 4) is 0 Å². The van der Waals surface area contributed by atoms with Gasteiger partial charge in [-0.25, -0.2) is 0 Å². The molecule has 0 bridgehead atoms. The number of amides is 1. The van der Waals surface area contributed by atoms with Crippen molar-refractivity contribution < 1.29 is 4.79 Å². The first-order valence-electron chi connectivity index (χ1n) is 6.09. The van der Waals surface area contributed by atoms with Crippen molar-refractivity contribution in [1.82, 2.24) is 5.32 Å². The van der Waals surface area contributed by atoms with Gasteiger partial charge in [0, 0.05) is 21.3 Å². The monoisotopic (exact) mass is 338 g/mol. The molecular weight excluding hydrogens is 327 g/mol. The van der Waals surface area contributed by atoms with Crippen LogP contribution in [-0.4, -0.2) is 11.0 Å². The zero-order valence-electron chi connectivity index (χ0n) is 11.1. The first-order chi connectivity index (χ1) is 9.94. The molecular formula is C15H12Cl2N2OS. The minimum atomic E-state index is -0.277. The Labute approximate surface area is 138 Å². The van der Waals surface area contributed by atoms with Crippen LogP contribution in [0.2, 0.25) is 10.0 Å². The predicted molar refractivity (Wildman–Crippen MR) is 91.3 cm³/mol. The van der Waals surface area contributed by atoms with Crippen LogP contribution in [0.15, 0.2) is 42.5 Å². The molecule has 0 spiro atoms. The van der Waals surface area contributed by atoms with Crippen molar-refractivity contribution >= 4 is 52.1 Å². The third-order valence-electron chi connectivity index (χ3n) is 2.66. The Morgan fingerprint density at radius 1 is 1.05 bits per heavy atom. The van der Waals surface area contributed by atoms with Gasteiger partial charge in [-0.2, -0.15) is 0 Å². The van der Waals surface area contributed by atoms with Crippen LogP contribution in [0.1, 0.15) is 15.9 Å². The summed E-state index contributed by atoms with van der Waals surface area (Å²) in [6.07, 6.45) is 0. The van der Waals surface area contributed by atoms with Crippen LogP contribution in [0.25, 0.3) is 0 Å². The Bertz CT molecular complexity index is 666. The van der Waals surface area contributed by atoms with Crippen molar-refractivity contribution in [2.75, 3.05) is 5.32 Å². The Balaban J connectivity index is 2.01. The van der Waals surface area contributed by atoms with Crippen LogP contribution in [0.3, 0.4) is 0 Å². The van der Waals surface area contributed by atoms with E-state index in [0.717, 1.165) is 5.56 Å². The molecule has 2 rings (SSSR count). The molecule has 0 atom stereocenters. The summed E-state index contributed by atoms with van der Waals surface area (Å²) in [6, 6.07) is 12.1. The van der Waals surface area contributed by atoms with Gasteiger partial charge in [0.1, 0.15) is 0 Å². The lowest BCUT2D eigenvalue weighted by Crippen LogP contribution is -2.34. The highest BCUT2D eigenvalue weighted by Crippen LogP contribution is 2.22. The number of thiocarbonyl (C=S) groups is 1. The Hall–Kier alpha value is -1.62. The molecule has 0 aromatic heterocycles. The number of aryl methyl sites for hydroxylation is 1. The molecule has 0 radical (unpaired) electrons. The summed E-state index contributed by atoms with van der Waals surface area (Å²) >= 11 is 16.9. The highest BCUT2D eigenvalue weighted by Gasteiger charge is 2.08. The fourth-order valence-corrected chi connectivity index (χ4v) is 2.41. The number of rotatable bonds is 2. The van der Waals surface area contributed by atoms with Gasteiger partial charge in [-0.1, -0.05) is 40.9 Å². The van der Waals surface area contributed by atoms with Crippen LogP contribution in [-0.2, 0) is 0 Å². The Kier molecular flexibility index (Phi) is 5.17. The molecule has 0 aliphatic heterocycles. The molecule has 21 heavy (non-hydrogen) atoms. The summed E-state index contributed by atoms with van der Waals surface area (Å²) in [6.45, 7) is 1.96. The lowest BCUT2D eigenvalue weighted by Gasteiger charge is -2.10. The van der Waals surface area contributed by atoms with Crippen LogP contribution in [0, 0.1) is 6.92 Å². The first-order valence-corrected chi connectivity index (χ1v) is 7.25. The maximum atomic E-state index is 12.0. The summed E-state index contributed by atoms with van der Waals surface area (Å²) in [5.41, 5.74) is 2.23. The van der Waals surface area contributed by atoms with E-state index in [1.165, 1.54) is 0 Å². The third-order valence-corrected chi connectivity index (χ3v) is 3.30. The quantitative estimate of drug-likeness (QED) is 0.796. The Morgan fingerprint density at radius 3 is 2.19 bits per heavy atom. The number of hydrogen-bond acceptors (Lipinski definition) is 2. The molecule has 0 fully saturated rings. The summed E-state index contributed by atoms with van der Waals surface area (Å²) in [4.78, 5) is 12.0. The fraction of sp³-hybridized carbons (Fsp3) is 0.0667. The first kappa shape index (κ1) is 15.8. The summed E-state index contributed by atoms with van der Waals surface area (Å²) in [5, 5.41) is 6.61. The van der Waals surface area contributed by atoms with Crippen molar-refractivity contribution in [2.24, 2.45) is 0 Å². The molecule has 0 saturated carbocycles. The number of halogens is 2. The maximum Gasteiger partial charge on any atom is 0.257 e. The summed E-state index contributed by atoms with van der Waals surface area (Å²) < 4.78 is 0. The normalized spacial score (nSPS) is 10.0. The molecule has 2 aromatic carbocycles. The SMILES string of the molecule is Cc1ccc(C(=O)NC(=S)Nc2cc(Cl)cc(Cl)c2)cc1. The van der Waals surface area contributed by atoms with Crippen molar-refractivity contribution in [3.05, 3.63) is 63.6 Å². The summed E-state index contributed by atoms with van der Waals surface area (Å²) in [5.74, 6) is -0.277. The molecule has 2 N–H and O–H groups in total. The van der Waals surface area contributed by atoms with E-state index in [-0.39, 0.29) is 11.0 Å². The lowest BCUT2D eigenvalue weighted by atomic mass is 10.1. The molecule has 1 amide bonds. The molecule has 0 aliphatic rings.